The van der Waals surface area contributed by atoms with Crippen molar-refractivity contribution in [2.45, 2.75) is 26.9 Å². The number of hydrogen-bond acceptors (Lipinski definition) is 5. The number of nitrogens with zero attached hydrogens (tertiary/aromatic N) is 2. The van der Waals surface area contributed by atoms with Crippen LogP contribution in [0.5, 0.6) is 11.5 Å². The zero-order chi connectivity index (χ0) is 25.3. The van der Waals surface area contributed by atoms with Crippen molar-refractivity contribution in [2.75, 3.05) is 13.2 Å². The number of ether oxygens (including phenoxy) is 2. The maximum Gasteiger partial charge on any atom is 0.258 e. The van der Waals surface area contributed by atoms with Gasteiger partial charge in [0.15, 0.2) is 11.5 Å². The fraction of sp³-hybridized carbons (Fsp3) is 0.207. The van der Waals surface area contributed by atoms with Gasteiger partial charge >= 0.3 is 0 Å². The van der Waals surface area contributed by atoms with Crippen LogP contribution < -0.4 is 15.0 Å². The zero-order valence-electron chi connectivity index (χ0n) is 20.4. The number of fused-ring (bicyclic) bond motifs is 1. The highest BCUT2D eigenvalue weighted by Crippen LogP contribution is 2.29. The molecule has 0 atom stereocenters. The predicted molar refractivity (Wildman–Crippen MR) is 141 cm³/mol. The molecule has 3 aromatic carbocycles. The Balaban J connectivity index is 1.60. The molecule has 0 aliphatic heterocycles. The van der Waals surface area contributed by atoms with Crippen LogP contribution in [0, 0.1) is 0 Å². The number of nitrogens with one attached hydrogen (secondary N) is 1. The number of rotatable bonds is 10. The summed E-state index contributed by atoms with van der Waals surface area (Å²) in [5, 5.41) is 0.516. The fourth-order valence-corrected chi connectivity index (χ4v) is 3.85. The first-order valence-electron chi connectivity index (χ1n) is 12.0. The number of H-pyrrole nitrogens is 1. The van der Waals surface area contributed by atoms with E-state index in [1.165, 1.54) is 6.08 Å². The molecule has 0 radical (unpaired) electrons. The van der Waals surface area contributed by atoms with Gasteiger partial charge in [-0.05, 0) is 55.3 Å². The van der Waals surface area contributed by atoms with E-state index < -0.39 is 0 Å². The Morgan fingerprint density at radius 2 is 1.64 bits per heavy atom. The molecule has 0 saturated carbocycles. The second kappa shape index (κ2) is 11.8. The molecule has 184 valence electrons. The maximum absolute atomic E-state index is 13.3. The molecule has 7 heteroatoms. The monoisotopic (exact) mass is 483 g/mol. The van der Waals surface area contributed by atoms with Crippen molar-refractivity contribution in [2.24, 2.45) is 0 Å². The number of aromatic nitrogens is 2. The molecule has 0 fully saturated rings. The van der Waals surface area contributed by atoms with Gasteiger partial charge in [0.25, 0.3) is 5.56 Å². The summed E-state index contributed by atoms with van der Waals surface area (Å²) in [6.07, 6.45) is 3.27. The van der Waals surface area contributed by atoms with E-state index in [0.717, 1.165) is 11.1 Å². The Kier molecular flexibility index (Phi) is 8.13. The molecule has 0 saturated heterocycles. The smallest absolute Gasteiger partial charge is 0.258 e. The number of hydrogen-bond donors (Lipinski definition) is 1. The summed E-state index contributed by atoms with van der Waals surface area (Å²) in [7, 11) is 0. The predicted octanol–water partition coefficient (Wildman–Crippen LogP) is 4.96. The van der Waals surface area contributed by atoms with Crippen LogP contribution in [-0.2, 0) is 17.9 Å². The summed E-state index contributed by atoms with van der Waals surface area (Å²) >= 11 is 0. The lowest BCUT2D eigenvalue weighted by Crippen LogP contribution is -2.30. The molecule has 0 aliphatic carbocycles. The van der Waals surface area contributed by atoms with Crippen LogP contribution in [0.25, 0.3) is 17.0 Å². The van der Waals surface area contributed by atoms with Crippen molar-refractivity contribution in [1.29, 1.82) is 0 Å². The van der Waals surface area contributed by atoms with Crippen LogP contribution in [-0.4, -0.2) is 34.0 Å². The van der Waals surface area contributed by atoms with Gasteiger partial charge < -0.3 is 19.4 Å². The van der Waals surface area contributed by atoms with E-state index in [1.807, 2.05) is 68.4 Å². The van der Waals surface area contributed by atoms with Gasteiger partial charge in [-0.1, -0.05) is 48.5 Å². The third-order valence-electron chi connectivity index (χ3n) is 5.52. The van der Waals surface area contributed by atoms with Crippen LogP contribution in [0.3, 0.4) is 0 Å². The fourth-order valence-electron chi connectivity index (χ4n) is 3.85. The van der Waals surface area contributed by atoms with Gasteiger partial charge in [0, 0.05) is 12.6 Å². The van der Waals surface area contributed by atoms with Gasteiger partial charge in [-0.3, -0.25) is 9.59 Å². The highest BCUT2D eigenvalue weighted by atomic mass is 16.5. The second-order valence-corrected chi connectivity index (χ2v) is 8.12. The summed E-state index contributed by atoms with van der Waals surface area (Å²) in [6.45, 7) is 5.40. The number of benzene rings is 3. The Hall–Kier alpha value is -4.39. The van der Waals surface area contributed by atoms with E-state index in [0.29, 0.717) is 48.0 Å². The standard InChI is InChI=1S/C29H29N3O4/c1-3-35-25-16-14-21(18-26(25)36-4-2)15-17-28(33)32(19-22-10-6-5-7-11-22)20-27-30-24-13-9-8-12-23(24)29(34)31-27/h5-18H,3-4,19-20H2,1-2H3,(H,30,31,34). The molecule has 36 heavy (non-hydrogen) atoms. The first-order valence-corrected chi connectivity index (χ1v) is 12.0. The Morgan fingerprint density at radius 3 is 2.42 bits per heavy atom. The van der Waals surface area contributed by atoms with E-state index >= 15 is 0 Å². The van der Waals surface area contributed by atoms with Crippen LogP contribution in [0.4, 0.5) is 0 Å². The molecule has 1 aromatic heterocycles. The average Bonchev–Trinajstić information content (AvgIpc) is 2.89. The number of para-hydroxylation sites is 1. The van der Waals surface area contributed by atoms with Gasteiger partial charge in [-0.2, -0.15) is 0 Å². The second-order valence-electron chi connectivity index (χ2n) is 8.12. The van der Waals surface area contributed by atoms with Crippen molar-refractivity contribution < 1.29 is 14.3 Å². The minimum Gasteiger partial charge on any atom is -0.490 e. The molecule has 7 nitrogen and oxygen atoms in total. The normalized spacial score (nSPS) is 11.1. The third-order valence-corrected chi connectivity index (χ3v) is 5.52. The number of aromatic amines is 1. The van der Waals surface area contributed by atoms with Crippen molar-refractivity contribution >= 4 is 22.9 Å². The molecule has 1 N–H and O–H groups in total. The largest absolute Gasteiger partial charge is 0.490 e. The average molecular weight is 484 g/mol. The molecule has 1 amide bonds. The van der Waals surface area contributed by atoms with E-state index in [9.17, 15) is 9.59 Å². The molecule has 0 bridgehead atoms. The lowest BCUT2D eigenvalue weighted by atomic mass is 10.1. The first kappa shape index (κ1) is 24.7. The lowest BCUT2D eigenvalue weighted by molar-refractivity contribution is -0.127. The minimum absolute atomic E-state index is 0.158. The Bertz CT molecular complexity index is 1410. The van der Waals surface area contributed by atoms with Gasteiger partial charge in [-0.15, -0.1) is 0 Å². The number of carbonyl (C=O) groups excluding carboxylic acids is 1. The van der Waals surface area contributed by atoms with Crippen molar-refractivity contribution in [3.63, 3.8) is 0 Å². The SMILES string of the molecule is CCOc1ccc(C=CC(=O)N(Cc2ccccc2)Cc2nc3ccccc3c(=O)[nH]2)cc1OCC. The summed E-state index contributed by atoms with van der Waals surface area (Å²) in [5.74, 6) is 1.52. The molecular formula is C29H29N3O4. The zero-order valence-corrected chi connectivity index (χ0v) is 20.4. The van der Waals surface area contributed by atoms with E-state index in [2.05, 4.69) is 9.97 Å². The summed E-state index contributed by atoms with van der Waals surface area (Å²) < 4.78 is 11.3. The molecular weight excluding hydrogens is 454 g/mol. The molecule has 4 rings (SSSR count). The minimum atomic E-state index is -0.226. The number of amides is 1. The van der Waals surface area contributed by atoms with Crippen molar-refractivity contribution in [3.05, 3.63) is 106 Å². The number of carbonyl (C=O) groups is 1. The van der Waals surface area contributed by atoms with E-state index in [4.69, 9.17) is 9.47 Å². The molecule has 1 heterocycles. The Morgan fingerprint density at radius 1 is 0.917 bits per heavy atom. The molecule has 0 spiro atoms. The quantitative estimate of drug-likeness (QED) is 0.322. The highest BCUT2D eigenvalue weighted by Gasteiger charge is 2.15. The lowest BCUT2D eigenvalue weighted by Gasteiger charge is -2.21. The maximum atomic E-state index is 13.3. The van der Waals surface area contributed by atoms with Gasteiger partial charge in [0.2, 0.25) is 5.91 Å². The van der Waals surface area contributed by atoms with Gasteiger partial charge in [0.1, 0.15) is 5.82 Å². The van der Waals surface area contributed by atoms with Crippen LogP contribution in [0.2, 0.25) is 0 Å². The Labute approximate surface area is 210 Å². The van der Waals surface area contributed by atoms with E-state index in [1.54, 1.807) is 29.2 Å². The summed E-state index contributed by atoms with van der Waals surface area (Å²) in [4.78, 5) is 34.9. The topological polar surface area (TPSA) is 84.5 Å². The van der Waals surface area contributed by atoms with E-state index in [-0.39, 0.29) is 18.0 Å². The first-order chi connectivity index (χ1) is 17.6. The summed E-state index contributed by atoms with van der Waals surface area (Å²) in [5.41, 5.74) is 2.15. The molecule has 4 aromatic rings. The van der Waals surface area contributed by atoms with Crippen molar-refractivity contribution in [3.8, 4) is 11.5 Å². The molecule has 0 unspecified atom stereocenters. The van der Waals surface area contributed by atoms with Crippen LogP contribution in [0.1, 0.15) is 30.8 Å². The van der Waals surface area contributed by atoms with Gasteiger partial charge in [-0.25, -0.2) is 4.98 Å². The molecule has 0 aliphatic rings. The van der Waals surface area contributed by atoms with Crippen LogP contribution in [0.15, 0.2) is 83.7 Å². The van der Waals surface area contributed by atoms with Crippen molar-refractivity contribution in [1.82, 2.24) is 14.9 Å². The third kappa shape index (κ3) is 6.18. The van der Waals surface area contributed by atoms with Gasteiger partial charge in [0.05, 0.1) is 30.7 Å². The van der Waals surface area contributed by atoms with Crippen LogP contribution >= 0.6 is 0 Å². The highest BCUT2D eigenvalue weighted by molar-refractivity contribution is 5.91. The summed E-state index contributed by atoms with van der Waals surface area (Å²) in [6, 6.07) is 22.4.